The van der Waals surface area contributed by atoms with E-state index in [1.165, 1.54) is 10.4 Å². The summed E-state index contributed by atoms with van der Waals surface area (Å²) < 4.78 is 2.23. The Hall–Kier alpha value is -3.67. The number of para-hydroxylation sites is 2. The van der Waals surface area contributed by atoms with Gasteiger partial charge in [0.25, 0.3) is 5.91 Å². The van der Waals surface area contributed by atoms with Gasteiger partial charge in [0.15, 0.2) is 0 Å². The summed E-state index contributed by atoms with van der Waals surface area (Å²) in [6.07, 6.45) is 7.04. The number of rotatable bonds is 6. The van der Waals surface area contributed by atoms with Crippen molar-refractivity contribution in [3.05, 3.63) is 117 Å². The molecule has 6 heteroatoms. The van der Waals surface area contributed by atoms with Gasteiger partial charge in [0.05, 0.1) is 5.56 Å². The summed E-state index contributed by atoms with van der Waals surface area (Å²) in [4.78, 5) is 20.0. The Morgan fingerprint density at radius 3 is 2.63 bits per heavy atom. The number of carbonyl (C=O) groups is 1. The fraction of sp³-hybridized carbons (Fsp3) is 0.257. The largest absolute Gasteiger partial charge is 0.342 e. The Morgan fingerprint density at radius 2 is 1.85 bits per heavy atom. The van der Waals surface area contributed by atoms with Crippen LogP contribution in [0, 0.1) is 11.3 Å². The monoisotopic (exact) mass is 579 g/mol. The number of hydrogen-bond donors (Lipinski definition) is 1. The summed E-state index contributed by atoms with van der Waals surface area (Å²) in [7, 11) is 0. The molecule has 1 N–H and O–H groups in total. The number of nitrogens with one attached hydrogen (secondary N) is 1. The van der Waals surface area contributed by atoms with Crippen molar-refractivity contribution in [3.63, 3.8) is 0 Å². The van der Waals surface area contributed by atoms with Crippen LogP contribution in [-0.2, 0) is 19.4 Å². The van der Waals surface area contributed by atoms with Crippen molar-refractivity contribution in [2.75, 3.05) is 5.32 Å². The maximum absolute atomic E-state index is 13.7. The third-order valence-corrected chi connectivity index (χ3v) is 9.51. The van der Waals surface area contributed by atoms with Crippen LogP contribution in [0.3, 0.4) is 0 Å². The van der Waals surface area contributed by atoms with Gasteiger partial charge in [0.2, 0.25) is 0 Å². The molecule has 0 radical (unpaired) electrons. The number of thiophene rings is 1. The molecule has 208 valence electrons. The van der Waals surface area contributed by atoms with Crippen LogP contribution in [0.5, 0.6) is 0 Å². The number of aromatic nitrogens is 1. The number of hydrogen-bond acceptors (Lipinski definition) is 3. The lowest BCUT2D eigenvalue weighted by Gasteiger charge is -2.33. The summed E-state index contributed by atoms with van der Waals surface area (Å²) in [6.45, 7) is 7.66. The lowest BCUT2D eigenvalue weighted by Crippen LogP contribution is -2.27. The molecule has 2 heterocycles. The molecule has 1 aliphatic rings. The summed E-state index contributed by atoms with van der Waals surface area (Å²) in [5.74, 6) is 0.499. The van der Waals surface area contributed by atoms with Gasteiger partial charge in [-0.3, -0.25) is 4.79 Å². The van der Waals surface area contributed by atoms with Crippen molar-refractivity contribution < 1.29 is 4.79 Å². The molecule has 0 fully saturated rings. The Balaban J connectivity index is 1.38. The van der Waals surface area contributed by atoms with Crippen LogP contribution >= 0.6 is 22.9 Å². The molecule has 0 bridgehead atoms. The predicted molar refractivity (Wildman–Crippen MR) is 173 cm³/mol. The van der Waals surface area contributed by atoms with E-state index in [9.17, 15) is 4.79 Å². The molecule has 1 atom stereocenters. The maximum atomic E-state index is 13.7. The van der Waals surface area contributed by atoms with Crippen LogP contribution in [0.2, 0.25) is 5.02 Å². The van der Waals surface area contributed by atoms with E-state index in [0.717, 1.165) is 62.6 Å². The molecule has 2 aromatic heterocycles. The normalized spacial score (nSPS) is 15.4. The third-order valence-electron chi connectivity index (χ3n) is 8.11. The molecule has 5 aromatic rings. The lowest BCUT2D eigenvalue weighted by molar-refractivity contribution is 0.102. The van der Waals surface area contributed by atoms with Crippen LogP contribution in [-0.4, -0.2) is 16.7 Å². The second kappa shape index (κ2) is 11.3. The van der Waals surface area contributed by atoms with Crippen molar-refractivity contribution in [2.45, 2.75) is 46.6 Å². The predicted octanol–water partition coefficient (Wildman–Crippen LogP) is 9.56. The van der Waals surface area contributed by atoms with Crippen LogP contribution in [0.25, 0.3) is 10.9 Å². The standard InChI is InChI=1S/C35H34ClN3OS/c1-35(2,3)25-16-17-29-31(19-25)41-34(32(29)33(40)38-27-12-5-4-6-13-27)37-20-24-22-39(30-15-8-7-14-28(24)30)21-23-10-9-11-26(36)18-23/h4-15,18,20,22,25H,16-17,19,21H2,1-3H3,(H,38,40)/t25-/m0/s1. The van der Waals surface area contributed by atoms with E-state index in [0.29, 0.717) is 12.5 Å². The highest BCUT2D eigenvalue weighted by atomic mass is 35.5. The topological polar surface area (TPSA) is 46.4 Å². The number of fused-ring (bicyclic) bond motifs is 2. The van der Waals surface area contributed by atoms with E-state index in [-0.39, 0.29) is 11.3 Å². The van der Waals surface area contributed by atoms with Crippen LogP contribution in [0.15, 0.2) is 90.1 Å². The summed E-state index contributed by atoms with van der Waals surface area (Å²) in [5.41, 5.74) is 6.20. The average molecular weight is 580 g/mol. The lowest BCUT2D eigenvalue weighted by atomic mass is 9.72. The first kappa shape index (κ1) is 27.5. The van der Waals surface area contributed by atoms with Crippen molar-refractivity contribution in [1.29, 1.82) is 0 Å². The molecule has 0 unspecified atom stereocenters. The quantitative estimate of drug-likeness (QED) is 0.200. The molecule has 6 rings (SSSR count). The van der Waals surface area contributed by atoms with Gasteiger partial charge in [0, 0.05) is 51.0 Å². The first-order valence-electron chi connectivity index (χ1n) is 14.1. The van der Waals surface area contributed by atoms with Gasteiger partial charge in [-0.25, -0.2) is 4.99 Å². The molecule has 4 nitrogen and oxygen atoms in total. The highest BCUT2D eigenvalue weighted by molar-refractivity contribution is 7.16. The molecular formula is C35H34ClN3OS. The van der Waals surface area contributed by atoms with Gasteiger partial charge < -0.3 is 9.88 Å². The number of nitrogens with zero attached hydrogens (tertiary/aromatic N) is 2. The minimum Gasteiger partial charge on any atom is -0.342 e. The van der Waals surface area contributed by atoms with E-state index >= 15 is 0 Å². The highest BCUT2D eigenvalue weighted by Gasteiger charge is 2.33. The zero-order valence-electron chi connectivity index (χ0n) is 23.7. The van der Waals surface area contributed by atoms with Crippen molar-refractivity contribution in [2.24, 2.45) is 16.3 Å². The second-order valence-electron chi connectivity index (χ2n) is 11.9. The molecule has 1 amide bonds. The minimum absolute atomic E-state index is 0.0848. The van der Waals surface area contributed by atoms with Crippen LogP contribution < -0.4 is 5.32 Å². The van der Waals surface area contributed by atoms with Gasteiger partial charge in [-0.2, -0.15) is 0 Å². The van der Waals surface area contributed by atoms with E-state index in [4.69, 9.17) is 16.6 Å². The molecule has 1 aliphatic carbocycles. The molecular weight excluding hydrogens is 546 g/mol. The van der Waals surface area contributed by atoms with Crippen LogP contribution in [0.4, 0.5) is 10.7 Å². The molecule has 3 aromatic carbocycles. The Labute approximate surface area is 250 Å². The fourth-order valence-corrected chi connectivity index (χ4v) is 7.30. The number of amides is 1. The first-order chi connectivity index (χ1) is 19.8. The Morgan fingerprint density at radius 1 is 1.07 bits per heavy atom. The number of halogens is 1. The second-order valence-corrected chi connectivity index (χ2v) is 13.4. The van der Waals surface area contributed by atoms with Gasteiger partial charge in [0.1, 0.15) is 5.00 Å². The zero-order valence-corrected chi connectivity index (χ0v) is 25.2. The smallest absolute Gasteiger partial charge is 0.259 e. The van der Waals surface area contributed by atoms with E-state index in [2.05, 4.69) is 67.2 Å². The maximum Gasteiger partial charge on any atom is 0.259 e. The number of benzene rings is 3. The van der Waals surface area contributed by atoms with E-state index < -0.39 is 0 Å². The number of aliphatic imine (C=N–C) groups is 1. The van der Waals surface area contributed by atoms with Gasteiger partial charge in [-0.15, -0.1) is 11.3 Å². The SMILES string of the molecule is CC(C)(C)[C@H]1CCc2c(sc(N=Cc3cn(Cc4cccc(Cl)c4)c4ccccc34)c2C(=O)Nc2ccccc2)C1. The van der Waals surface area contributed by atoms with E-state index in [1.807, 2.05) is 54.7 Å². The first-order valence-corrected chi connectivity index (χ1v) is 15.3. The average Bonchev–Trinajstić information content (AvgIpc) is 3.49. The fourth-order valence-electron chi connectivity index (χ4n) is 5.82. The van der Waals surface area contributed by atoms with Gasteiger partial charge >= 0.3 is 0 Å². The third kappa shape index (κ3) is 5.88. The van der Waals surface area contributed by atoms with Crippen molar-refractivity contribution in [3.8, 4) is 0 Å². The zero-order chi connectivity index (χ0) is 28.6. The molecule has 0 saturated heterocycles. The molecule has 0 spiro atoms. The summed E-state index contributed by atoms with van der Waals surface area (Å²) >= 11 is 7.93. The van der Waals surface area contributed by atoms with E-state index in [1.54, 1.807) is 11.3 Å². The highest BCUT2D eigenvalue weighted by Crippen LogP contribution is 2.45. The summed E-state index contributed by atoms with van der Waals surface area (Å²) in [5, 5.41) is 5.76. The molecule has 41 heavy (non-hydrogen) atoms. The molecule has 0 saturated carbocycles. The number of carbonyl (C=O) groups excluding carboxylic acids is 1. The Bertz CT molecular complexity index is 1740. The van der Waals surface area contributed by atoms with Gasteiger partial charge in [-0.1, -0.05) is 80.9 Å². The molecule has 0 aliphatic heterocycles. The van der Waals surface area contributed by atoms with Crippen molar-refractivity contribution in [1.82, 2.24) is 4.57 Å². The Kier molecular flexibility index (Phi) is 7.58. The summed E-state index contributed by atoms with van der Waals surface area (Å²) in [6, 6.07) is 26.0. The van der Waals surface area contributed by atoms with Gasteiger partial charge in [-0.05, 0) is 72.1 Å². The number of anilines is 1. The minimum atomic E-state index is -0.0848. The van der Waals surface area contributed by atoms with Crippen molar-refractivity contribution >= 4 is 56.7 Å². The van der Waals surface area contributed by atoms with Crippen LogP contribution in [0.1, 0.15) is 59.1 Å².